The molecule has 3 aliphatic rings. The van der Waals surface area contributed by atoms with Gasteiger partial charge in [-0.2, -0.15) is 0 Å². The van der Waals surface area contributed by atoms with Crippen molar-refractivity contribution in [2.24, 2.45) is 5.92 Å². The first-order chi connectivity index (χ1) is 12.6. The zero-order valence-electron chi connectivity index (χ0n) is 15.4. The predicted octanol–water partition coefficient (Wildman–Crippen LogP) is 2.09. The third-order valence-corrected chi connectivity index (χ3v) is 5.94. The van der Waals surface area contributed by atoms with Gasteiger partial charge in [0.1, 0.15) is 5.60 Å². The quantitative estimate of drug-likeness (QED) is 0.804. The first kappa shape index (κ1) is 17.7. The monoisotopic (exact) mass is 362 g/mol. The number of likely N-dealkylation sites (tertiary alicyclic amines) is 1. The number of nitrogens with zero attached hydrogens (tertiary/aromatic N) is 2. The molecule has 1 aromatic carbocycles. The lowest BCUT2D eigenvalue weighted by Crippen LogP contribution is -2.71. The van der Waals surface area contributed by atoms with E-state index in [9.17, 15) is 9.18 Å². The van der Waals surface area contributed by atoms with Crippen LogP contribution in [0.2, 0.25) is 0 Å². The van der Waals surface area contributed by atoms with E-state index in [1.165, 1.54) is 39.0 Å². The van der Waals surface area contributed by atoms with Gasteiger partial charge in [-0.05, 0) is 36.5 Å². The van der Waals surface area contributed by atoms with Crippen LogP contribution in [0.25, 0.3) is 0 Å². The maximum absolute atomic E-state index is 13.8. The zero-order chi connectivity index (χ0) is 18.1. The van der Waals surface area contributed by atoms with Crippen molar-refractivity contribution in [3.8, 4) is 5.75 Å². The number of methoxy groups -OCH3 is 1. The molecule has 4 rings (SSSR count). The van der Waals surface area contributed by atoms with Crippen LogP contribution in [0.15, 0.2) is 18.2 Å². The Morgan fingerprint density at radius 3 is 2.81 bits per heavy atom. The molecule has 1 aliphatic carbocycles. The number of rotatable bonds is 5. The van der Waals surface area contributed by atoms with Crippen LogP contribution in [0, 0.1) is 11.7 Å². The fraction of sp³-hybridized carbons (Fsp3) is 0.650. The lowest BCUT2D eigenvalue weighted by Gasteiger charge is -2.55. The fourth-order valence-electron chi connectivity index (χ4n) is 4.29. The van der Waals surface area contributed by atoms with Crippen molar-refractivity contribution in [1.29, 1.82) is 0 Å². The summed E-state index contributed by atoms with van der Waals surface area (Å²) in [5.41, 5.74) is 0.483. The van der Waals surface area contributed by atoms with Crippen LogP contribution in [0.4, 0.5) is 4.39 Å². The summed E-state index contributed by atoms with van der Waals surface area (Å²) in [5, 5.41) is 0. The van der Waals surface area contributed by atoms with Crippen molar-refractivity contribution in [3.63, 3.8) is 0 Å². The van der Waals surface area contributed by atoms with Crippen LogP contribution in [0.1, 0.15) is 24.8 Å². The van der Waals surface area contributed by atoms with Gasteiger partial charge in [0.05, 0.1) is 26.7 Å². The van der Waals surface area contributed by atoms with Crippen LogP contribution < -0.4 is 4.74 Å². The number of benzene rings is 1. The molecule has 142 valence electrons. The average molecular weight is 362 g/mol. The maximum Gasteiger partial charge on any atom is 0.227 e. The minimum absolute atomic E-state index is 0.0367. The number of morpholine rings is 1. The Bertz CT molecular complexity index is 671. The van der Waals surface area contributed by atoms with Crippen molar-refractivity contribution in [3.05, 3.63) is 29.6 Å². The van der Waals surface area contributed by atoms with Crippen LogP contribution in [-0.4, -0.2) is 67.7 Å². The summed E-state index contributed by atoms with van der Waals surface area (Å²) in [4.78, 5) is 17.0. The molecule has 1 amide bonds. The number of hydrogen-bond donors (Lipinski definition) is 0. The second-order valence-corrected chi connectivity index (χ2v) is 7.96. The Balaban J connectivity index is 1.31. The van der Waals surface area contributed by atoms with E-state index in [-0.39, 0.29) is 23.7 Å². The molecule has 0 N–H and O–H groups in total. The van der Waals surface area contributed by atoms with Gasteiger partial charge in [-0.15, -0.1) is 0 Å². The Kier molecular flexibility index (Phi) is 4.88. The lowest BCUT2D eigenvalue weighted by molar-refractivity contribution is -0.191. The number of hydrogen-bond acceptors (Lipinski definition) is 4. The number of amides is 1. The molecule has 1 spiro atoms. The van der Waals surface area contributed by atoms with Crippen LogP contribution in [0.5, 0.6) is 5.75 Å². The standard InChI is InChI=1S/C20H27FN2O3/c1-25-18-6-5-16(9-17(18)21)10-19(24)23-7-8-26-20(14-23)12-22(13-20)11-15-3-2-4-15/h5-6,9,15H,2-4,7-8,10-14H2,1H3. The molecule has 0 bridgehead atoms. The third kappa shape index (κ3) is 3.58. The van der Waals surface area contributed by atoms with Crippen LogP contribution in [0.3, 0.4) is 0 Å². The van der Waals surface area contributed by atoms with E-state index in [0.29, 0.717) is 25.3 Å². The highest BCUT2D eigenvalue weighted by atomic mass is 19.1. The summed E-state index contributed by atoms with van der Waals surface area (Å²) in [6.07, 6.45) is 4.29. The summed E-state index contributed by atoms with van der Waals surface area (Å²) in [6.45, 7) is 4.85. The van der Waals surface area contributed by atoms with E-state index >= 15 is 0 Å². The zero-order valence-corrected chi connectivity index (χ0v) is 15.4. The topological polar surface area (TPSA) is 42.0 Å². The highest BCUT2D eigenvalue weighted by Gasteiger charge is 2.48. The molecule has 0 aromatic heterocycles. The van der Waals surface area contributed by atoms with Gasteiger partial charge < -0.3 is 14.4 Å². The molecule has 6 heteroatoms. The third-order valence-electron chi connectivity index (χ3n) is 5.94. The van der Waals surface area contributed by atoms with Gasteiger partial charge in [-0.3, -0.25) is 9.69 Å². The van der Waals surface area contributed by atoms with E-state index in [4.69, 9.17) is 9.47 Å². The van der Waals surface area contributed by atoms with Crippen molar-refractivity contribution in [1.82, 2.24) is 9.80 Å². The molecule has 0 atom stereocenters. The first-order valence-corrected chi connectivity index (χ1v) is 9.53. The van der Waals surface area contributed by atoms with Crippen molar-refractivity contribution in [2.75, 3.05) is 46.4 Å². The van der Waals surface area contributed by atoms with Gasteiger partial charge in [0.25, 0.3) is 0 Å². The lowest BCUT2D eigenvalue weighted by atomic mass is 9.82. The number of halogens is 1. The average Bonchev–Trinajstić information content (AvgIpc) is 2.56. The second kappa shape index (κ2) is 7.16. The van der Waals surface area contributed by atoms with E-state index in [0.717, 1.165) is 19.0 Å². The predicted molar refractivity (Wildman–Crippen MR) is 95.7 cm³/mol. The van der Waals surface area contributed by atoms with Gasteiger partial charge >= 0.3 is 0 Å². The molecule has 2 aliphatic heterocycles. The Morgan fingerprint density at radius 1 is 1.35 bits per heavy atom. The normalized spacial score (nSPS) is 22.8. The largest absolute Gasteiger partial charge is 0.494 e. The highest BCUT2D eigenvalue weighted by Crippen LogP contribution is 2.34. The molecule has 0 radical (unpaired) electrons. The highest BCUT2D eigenvalue weighted by molar-refractivity contribution is 5.79. The second-order valence-electron chi connectivity index (χ2n) is 7.96. The van der Waals surface area contributed by atoms with Gasteiger partial charge in [0.15, 0.2) is 11.6 Å². The van der Waals surface area contributed by atoms with Gasteiger partial charge in [-0.25, -0.2) is 4.39 Å². The maximum atomic E-state index is 13.8. The molecular weight excluding hydrogens is 335 g/mol. The summed E-state index contributed by atoms with van der Waals surface area (Å²) in [6, 6.07) is 4.71. The molecule has 2 heterocycles. The fourth-order valence-corrected chi connectivity index (χ4v) is 4.29. The molecule has 0 unspecified atom stereocenters. The minimum Gasteiger partial charge on any atom is -0.494 e. The smallest absolute Gasteiger partial charge is 0.227 e. The summed E-state index contributed by atoms with van der Waals surface area (Å²) in [7, 11) is 1.43. The SMILES string of the molecule is COc1ccc(CC(=O)N2CCOC3(CN(CC4CCC4)C3)C2)cc1F. The Morgan fingerprint density at radius 2 is 2.15 bits per heavy atom. The molecule has 2 saturated heterocycles. The van der Waals surface area contributed by atoms with Crippen LogP contribution in [-0.2, 0) is 16.0 Å². The van der Waals surface area contributed by atoms with Crippen molar-refractivity contribution >= 4 is 5.91 Å². The van der Waals surface area contributed by atoms with Gasteiger partial charge in [-0.1, -0.05) is 12.5 Å². The summed E-state index contributed by atoms with van der Waals surface area (Å²) >= 11 is 0. The van der Waals surface area contributed by atoms with E-state index in [1.807, 2.05) is 4.90 Å². The Hall–Kier alpha value is -1.66. The van der Waals surface area contributed by atoms with Crippen molar-refractivity contribution in [2.45, 2.75) is 31.3 Å². The van der Waals surface area contributed by atoms with Crippen molar-refractivity contribution < 1.29 is 18.7 Å². The van der Waals surface area contributed by atoms with E-state index in [1.54, 1.807) is 12.1 Å². The van der Waals surface area contributed by atoms with Crippen LogP contribution >= 0.6 is 0 Å². The molecule has 5 nitrogen and oxygen atoms in total. The van der Waals surface area contributed by atoms with Gasteiger partial charge in [0.2, 0.25) is 5.91 Å². The minimum atomic E-state index is -0.429. The Labute approximate surface area is 154 Å². The first-order valence-electron chi connectivity index (χ1n) is 9.53. The summed E-state index contributed by atoms with van der Waals surface area (Å²) < 4.78 is 24.8. The molecule has 3 fully saturated rings. The summed E-state index contributed by atoms with van der Waals surface area (Å²) in [5.74, 6) is 0.669. The molecule has 1 aromatic rings. The van der Waals surface area contributed by atoms with Gasteiger partial charge in [0, 0.05) is 26.2 Å². The number of carbonyl (C=O) groups excluding carboxylic acids is 1. The number of carbonyl (C=O) groups is 1. The van der Waals surface area contributed by atoms with E-state index < -0.39 is 5.82 Å². The van der Waals surface area contributed by atoms with E-state index in [2.05, 4.69) is 4.90 Å². The molecular formula is C20H27FN2O3. The molecule has 1 saturated carbocycles. The molecule has 26 heavy (non-hydrogen) atoms. The number of ether oxygens (including phenoxy) is 2.